The van der Waals surface area contributed by atoms with Gasteiger partial charge in [0.1, 0.15) is 0 Å². The zero-order valence-corrected chi connectivity index (χ0v) is 10.9. The molecule has 0 aliphatic heterocycles. The molecule has 1 rings (SSSR count). The van der Waals surface area contributed by atoms with Crippen LogP contribution in [0.1, 0.15) is 50.4 Å². The highest BCUT2D eigenvalue weighted by Gasteiger charge is 2.15. The first-order valence-corrected chi connectivity index (χ1v) is 6.06. The molecule has 0 amide bonds. The van der Waals surface area contributed by atoms with Gasteiger partial charge in [0.05, 0.1) is 5.56 Å². The Hall–Kier alpha value is -1.35. The molecule has 0 aliphatic rings. The standard InChI is InChI=1S/C7H17N.C7H6O2/c1-4-7(8,5-2)6-3;8-7(9)6-4-2-1-3-5-6/h4-6,8H2,1-3H3;1-5H,(H,8,9). The number of hydrogen-bond acceptors (Lipinski definition) is 2. The van der Waals surface area contributed by atoms with E-state index in [1.54, 1.807) is 30.3 Å². The van der Waals surface area contributed by atoms with E-state index in [1.807, 2.05) is 0 Å². The SMILES string of the molecule is CCC(N)(CC)CC.O=C(O)c1ccccc1. The average Bonchev–Trinajstić information content (AvgIpc) is 2.39. The first-order chi connectivity index (χ1) is 7.99. The topological polar surface area (TPSA) is 63.3 Å². The summed E-state index contributed by atoms with van der Waals surface area (Å²) in [6.07, 6.45) is 3.29. The van der Waals surface area contributed by atoms with Crippen molar-refractivity contribution in [3.05, 3.63) is 35.9 Å². The maximum Gasteiger partial charge on any atom is 0.335 e. The van der Waals surface area contributed by atoms with Crippen molar-refractivity contribution in [1.82, 2.24) is 0 Å². The third kappa shape index (κ3) is 6.07. The summed E-state index contributed by atoms with van der Waals surface area (Å²) in [5, 5.41) is 8.38. The fraction of sp³-hybridized carbons (Fsp3) is 0.500. The molecule has 0 bridgehead atoms. The molecular weight excluding hydrogens is 214 g/mol. The number of nitrogens with two attached hydrogens (primary N) is 1. The van der Waals surface area contributed by atoms with Crippen LogP contribution in [-0.4, -0.2) is 16.6 Å². The molecule has 0 aliphatic carbocycles. The number of aromatic carboxylic acids is 1. The highest BCUT2D eigenvalue weighted by atomic mass is 16.4. The van der Waals surface area contributed by atoms with Crippen LogP contribution in [0, 0.1) is 0 Å². The molecule has 0 unspecified atom stereocenters. The van der Waals surface area contributed by atoms with Crippen molar-refractivity contribution >= 4 is 5.97 Å². The second kappa shape index (κ2) is 7.85. The number of rotatable bonds is 4. The van der Waals surface area contributed by atoms with E-state index in [4.69, 9.17) is 10.8 Å². The van der Waals surface area contributed by atoms with Gasteiger partial charge in [0, 0.05) is 5.54 Å². The fourth-order valence-electron chi connectivity index (χ4n) is 1.33. The number of benzene rings is 1. The molecule has 17 heavy (non-hydrogen) atoms. The van der Waals surface area contributed by atoms with Gasteiger partial charge in [-0.1, -0.05) is 39.0 Å². The van der Waals surface area contributed by atoms with Crippen molar-refractivity contribution in [3.63, 3.8) is 0 Å². The van der Waals surface area contributed by atoms with Gasteiger partial charge in [-0.3, -0.25) is 0 Å². The third-order valence-electron chi connectivity index (χ3n) is 3.13. The Labute approximate surface area is 104 Å². The van der Waals surface area contributed by atoms with Crippen LogP contribution in [0.5, 0.6) is 0 Å². The van der Waals surface area contributed by atoms with E-state index >= 15 is 0 Å². The molecule has 0 saturated heterocycles. The van der Waals surface area contributed by atoms with Gasteiger partial charge in [-0.25, -0.2) is 4.79 Å². The van der Waals surface area contributed by atoms with Crippen LogP contribution in [-0.2, 0) is 0 Å². The normalized spacial score (nSPS) is 10.4. The average molecular weight is 237 g/mol. The molecule has 0 heterocycles. The van der Waals surface area contributed by atoms with Crippen LogP contribution in [0.25, 0.3) is 0 Å². The van der Waals surface area contributed by atoms with Gasteiger partial charge >= 0.3 is 5.97 Å². The zero-order valence-electron chi connectivity index (χ0n) is 10.9. The lowest BCUT2D eigenvalue weighted by Crippen LogP contribution is -2.37. The summed E-state index contributed by atoms with van der Waals surface area (Å²) in [7, 11) is 0. The summed E-state index contributed by atoms with van der Waals surface area (Å²) in [6, 6.07) is 8.30. The minimum absolute atomic E-state index is 0.125. The quantitative estimate of drug-likeness (QED) is 0.844. The molecular formula is C14H23NO2. The van der Waals surface area contributed by atoms with Gasteiger partial charge in [0.15, 0.2) is 0 Å². The Morgan fingerprint density at radius 2 is 1.53 bits per heavy atom. The molecule has 0 aromatic heterocycles. The van der Waals surface area contributed by atoms with Crippen LogP contribution < -0.4 is 5.73 Å². The Balaban J connectivity index is 0.000000304. The lowest BCUT2D eigenvalue weighted by Gasteiger charge is -2.23. The predicted octanol–water partition coefficient (Wildman–Crippen LogP) is 3.30. The van der Waals surface area contributed by atoms with Crippen LogP contribution in [0.2, 0.25) is 0 Å². The monoisotopic (exact) mass is 237 g/mol. The number of hydrogen-bond donors (Lipinski definition) is 2. The van der Waals surface area contributed by atoms with Gasteiger partial charge in [0.25, 0.3) is 0 Å². The summed E-state index contributed by atoms with van der Waals surface area (Å²) in [6.45, 7) is 6.44. The number of carboxylic acids is 1. The lowest BCUT2D eigenvalue weighted by atomic mass is 9.92. The smallest absolute Gasteiger partial charge is 0.335 e. The molecule has 0 fully saturated rings. The van der Waals surface area contributed by atoms with Gasteiger partial charge < -0.3 is 10.8 Å². The molecule has 1 aromatic carbocycles. The number of carboxylic acid groups (broad SMARTS) is 1. The van der Waals surface area contributed by atoms with Crippen LogP contribution in [0.3, 0.4) is 0 Å². The van der Waals surface area contributed by atoms with Gasteiger partial charge in [0.2, 0.25) is 0 Å². The second-order valence-electron chi connectivity index (χ2n) is 4.09. The predicted molar refractivity (Wildman–Crippen MR) is 71.2 cm³/mol. The first kappa shape index (κ1) is 15.7. The van der Waals surface area contributed by atoms with E-state index in [1.165, 1.54) is 0 Å². The fourth-order valence-corrected chi connectivity index (χ4v) is 1.33. The maximum atomic E-state index is 10.2. The largest absolute Gasteiger partial charge is 0.478 e. The molecule has 96 valence electrons. The van der Waals surface area contributed by atoms with Crippen molar-refractivity contribution < 1.29 is 9.90 Å². The molecule has 1 aromatic rings. The Kier molecular flexibility index (Phi) is 7.22. The lowest BCUT2D eigenvalue weighted by molar-refractivity contribution is 0.0697. The molecule has 3 heteroatoms. The highest BCUT2D eigenvalue weighted by molar-refractivity contribution is 5.87. The van der Waals surface area contributed by atoms with Crippen molar-refractivity contribution in [3.8, 4) is 0 Å². The van der Waals surface area contributed by atoms with E-state index in [9.17, 15) is 4.79 Å². The zero-order chi connectivity index (χ0) is 13.3. The van der Waals surface area contributed by atoms with Crippen molar-refractivity contribution in [2.45, 2.75) is 45.6 Å². The highest BCUT2D eigenvalue weighted by Crippen LogP contribution is 2.14. The second-order valence-corrected chi connectivity index (χ2v) is 4.09. The van der Waals surface area contributed by atoms with E-state index in [0.717, 1.165) is 19.3 Å². The molecule has 3 N–H and O–H groups in total. The first-order valence-electron chi connectivity index (χ1n) is 6.06. The van der Waals surface area contributed by atoms with Gasteiger partial charge in [-0.15, -0.1) is 0 Å². The maximum absolute atomic E-state index is 10.2. The van der Waals surface area contributed by atoms with Crippen molar-refractivity contribution in [2.75, 3.05) is 0 Å². The number of carbonyl (C=O) groups is 1. The summed E-state index contributed by atoms with van der Waals surface area (Å²) in [4.78, 5) is 10.2. The van der Waals surface area contributed by atoms with Crippen LogP contribution >= 0.6 is 0 Å². The molecule has 0 saturated carbocycles. The molecule has 0 atom stereocenters. The summed E-state index contributed by atoms with van der Waals surface area (Å²) in [5.41, 5.74) is 6.35. The van der Waals surface area contributed by atoms with Crippen molar-refractivity contribution in [2.24, 2.45) is 5.73 Å². The Bertz CT molecular complexity index is 310. The van der Waals surface area contributed by atoms with Crippen LogP contribution in [0.4, 0.5) is 0 Å². The Morgan fingerprint density at radius 3 is 1.71 bits per heavy atom. The van der Waals surface area contributed by atoms with Crippen molar-refractivity contribution in [1.29, 1.82) is 0 Å². The van der Waals surface area contributed by atoms with E-state index in [-0.39, 0.29) is 5.54 Å². The minimum Gasteiger partial charge on any atom is -0.478 e. The third-order valence-corrected chi connectivity index (χ3v) is 3.13. The van der Waals surface area contributed by atoms with E-state index in [2.05, 4.69) is 20.8 Å². The Morgan fingerprint density at radius 1 is 1.12 bits per heavy atom. The van der Waals surface area contributed by atoms with Gasteiger partial charge in [-0.2, -0.15) is 0 Å². The summed E-state index contributed by atoms with van der Waals surface area (Å²) < 4.78 is 0. The molecule has 0 spiro atoms. The molecule has 3 nitrogen and oxygen atoms in total. The van der Waals surface area contributed by atoms with Gasteiger partial charge in [-0.05, 0) is 31.4 Å². The minimum atomic E-state index is -0.879. The van der Waals surface area contributed by atoms with Crippen LogP contribution in [0.15, 0.2) is 30.3 Å². The van der Waals surface area contributed by atoms with E-state index < -0.39 is 5.97 Å². The molecule has 0 radical (unpaired) electrons. The summed E-state index contributed by atoms with van der Waals surface area (Å²) >= 11 is 0. The summed E-state index contributed by atoms with van der Waals surface area (Å²) in [5.74, 6) is -0.879. The van der Waals surface area contributed by atoms with E-state index in [0.29, 0.717) is 5.56 Å².